The van der Waals surface area contributed by atoms with Crippen molar-refractivity contribution in [1.29, 1.82) is 0 Å². The van der Waals surface area contributed by atoms with Crippen LogP contribution in [0.5, 0.6) is 5.75 Å². The molecule has 7 heteroatoms. The first-order valence-corrected chi connectivity index (χ1v) is 9.77. The van der Waals surface area contributed by atoms with E-state index >= 15 is 0 Å². The first kappa shape index (κ1) is 19.6. The number of piperazine rings is 2. The number of hydrogen-bond donors (Lipinski definition) is 1. The molecular formula is C20H30N4O3. The van der Waals surface area contributed by atoms with E-state index < -0.39 is 6.04 Å². The molecule has 1 aromatic rings. The van der Waals surface area contributed by atoms with Crippen molar-refractivity contribution in [2.75, 3.05) is 52.9 Å². The molecule has 1 aromatic carbocycles. The fourth-order valence-corrected chi connectivity index (χ4v) is 3.67. The molecule has 1 unspecified atom stereocenters. The smallest absolute Gasteiger partial charge is 0.237 e. The van der Waals surface area contributed by atoms with Crippen LogP contribution in [0.4, 0.5) is 0 Å². The second-order valence-corrected chi connectivity index (χ2v) is 7.21. The van der Waals surface area contributed by atoms with E-state index in [4.69, 9.17) is 4.74 Å². The molecule has 27 heavy (non-hydrogen) atoms. The lowest BCUT2D eigenvalue weighted by Crippen LogP contribution is -2.57. The second-order valence-electron chi connectivity index (χ2n) is 7.21. The highest BCUT2D eigenvalue weighted by molar-refractivity contribution is 5.88. The fourth-order valence-electron chi connectivity index (χ4n) is 3.67. The van der Waals surface area contributed by atoms with E-state index in [-0.39, 0.29) is 18.2 Å². The van der Waals surface area contributed by atoms with E-state index in [0.29, 0.717) is 19.7 Å². The number of hydrogen-bond acceptors (Lipinski definition) is 5. The highest BCUT2D eigenvalue weighted by atomic mass is 16.5. The molecule has 1 atom stereocenters. The highest BCUT2D eigenvalue weighted by Gasteiger charge is 2.33. The number of para-hydroxylation sites is 1. The van der Waals surface area contributed by atoms with Crippen molar-refractivity contribution < 1.29 is 14.3 Å². The molecular weight excluding hydrogens is 344 g/mol. The summed E-state index contributed by atoms with van der Waals surface area (Å²) in [6.45, 7) is 7.73. The third-order valence-corrected chi connectivity index (χ3v) is 5.31. The van der Waals surface area contributed by atoms with Gasteiger partial charge in [-0.25, -0.2) is 0 Å². The molecule has 0 radical (unpaired) electrons. The predicted molar refractivity (Wildman–Crippen MR) is 104 cm³/mol. The largest absolute Gasteiger partial charge is 0.494 e. The number of rotatable bonds is 6. The molecule has 0 spiro atoms. The minimum atomic E-state index is -0.430. The zero-order chi connectivity index (χ0) is 19.2. The van der Waals surface area contributed by atoms with E-state index in [9.17, 15) is 9.59 Å². The van der Waals surface area contributed by atoms with Crippen LogP contribution >= 0.6 is 0 Å². The van der Waals surface area contributed by atoms with Gasteiger partial charge in [0.2, 0.25) is 11.8 Å². The lowest BCUT2D eigenvalue weighted by molar-refractivity contribution is -0.140. The van der Waals surface area contributed by atoms with Crippen molar-refractivity contribution >= 4 is 11.8 Å². The van der Waals surface area contributed by atoms with Crippen LogP contribution < -0.4 is 10.1 Å². The maximum absolute atomic E-state index is 12.8. The standard InChI is InChI=1S/C20H30N4O3/c1-3-27-18-7-5-4-6-16(18)15-24-9-8-21-20(26)17(24)14-19(25)23-12-10-22(2)11-13-23/h4-7,17H,3,8-15H2,1-2H3,(H,21,26). The number of nitrogens with zero attached hydrogens (tertiary/aromatic N) is 3. The third kappa shape index (κ3) is 4.99. The maximum Gasteiger partial charge on any atom is 0.237 e. The molecule has 3 rings (SSSR count). The van der Waals surface area contributed by atoms with Crippen LogP contribution in [0.2, 0.25) is 0 Å². The number of carbonyl (C=O) groups is 2. The summed E-state index contributed by atoms with van der Waals surface area (Å²) < 4.78 is 5.72. The average Bonchev–Trinajstić information content (AvgIpc) is 2.66. The van der Waals surface area contributed by atoms with E-state index in [1.165, 1.54) is 0 Å². The summed E-state index contributed by atoms with van der Waals surface area (Å²) in [5.74, 6) is 0.848. The first-order chi connectivity index (χ1) is 13.1. The van der Waals surface area contributed by atoms with Crippen molar-refractivity contribution in [3.63, 3.8) is 0 Å². The van der Waals surface area contributed by atoms with Crippen molar-refractivity contribution in [3.05, 3.63) is 29.8 Å². The molecule has 2 saturated heterocycles. The molecule has 0 aliphatic carbocycles. The lowest BCUT2D eigenvalue weighted by Gasteiger charge is -2.37. The van der Waals surface area contributed by atoms with Gasteiger partial charge in [-0.2, -0.15) is 0 Å². The Balaban J connectivity index is 1.68. The van der Waals surface area contributed by atoms with Crippen LogP contribution in [0, 0.1) is 0 Å². The Bertz CT molecular complexity index is 658. The normalized spacial score (nSPS) is 21.8. The van der Waals surface area contributed by atoms with E-state index in [1.54, 1.807) is 0 Å². The monoisotopic (exact) mass is 374 g/mol. The summed E-state index contributed by atoms with van der Waals surface area (Å²) >= 11 is 0. The Labute approximate surface area is 161 Å². The van der Waals surface area contributed by atoms with Crippen molar-refractivity contribution in [2.24, 2.45) is 0 Å². The molecule has 0 bridgehead atoms. The molecule has 1 N–H and O–H groups in total. The van der Waals surface area contributed by atoms with Gasteiger partial charge in [0.1, 0.15) is 5.75 Å². The van der Waals surface area contributed by atoms with Gasteiger partial charge in [0, 0.05) is 51.4 Å². The zero-order valence-electron chi connectivity index (χ0n) is 16.3. The van der Waals surface area contributed by atoms with Crippen LogP contribution in [0.1, 0.15) is 18.9 Å². The second kappa shape index (κ2) is 9.19. The van der Waals surface area contributed by atoms with Crippen LogP contribution in [0.25, 0.3) is 0 Å². The number of benzene rings is 1. The molecule has 148 valence electrons. The lowest BCUT2D eigenvalue weighted by atomic mass is 10.1. The Morgan fingerprint density at radius 3 is 2.67 bits per heavy atom. The van der Waals surface area contributed by atoms with Gasteiger partial charge < -0.3 is 19.9 Å². The molecule has 2 amide bonds. The minimum Gasteiger partial charge on any atom is -0.494 e. The number of likely N-dealkylation sites (N-methyl/N-ethyl adjacent to an activating group) is 1. The van der Waals surface area contributed by atoms with Crippen LogP contribution in [-0.4, -0.2) is 85.5 Å². The molecule has 2 aliphatic rings. The molecule has 2 fully saturated rings. The summed E-state index contributed by atoms with van der Waals surface area (Å²) in [7, 11) is 2.06. The number of ether oxygens (including phenoxy) is 1. The molecule has 7 nitrogen and oxygen atoms in total. The quantitative estimate of drug-likeness (QED) is 0.788. The van der Waals surface area contributed by atoms with Crippen LogP contribution in [0.3, 0.4) is 0 Å². The average molecular weight is 374 g/mol. The molecule has 0 aromatic heterocycles. The SMILES string of the molecule is CCOc1ccccc1CN1CCNC(=O)C1CC(=O)N1CCN(C)CC1. The van der Waals surface area contributed by atoms with Crippen molar-refractivity contribution in [2.45, 2.75) is 25.9 Å². The summed E-state index contributed by atoms with van der Waals surface area (Å²) in [6, 6.07) is 7.47. The molecule has 0 saturated carbocycles. The maximum atomic E-state index is 12.8. The van der Waals surface area contributed by atoms with Crippen molar-refractivity contribution in [3.8, 4) is 5.75 Å². The summed E-state index contributed by atoms with van der Waals surface area (Å²) in [5, 5.41) is 2.91. The van der Waals surface area contributed by atoms with Gasteiger partial charge in [-0.05, 0) is 20.0 Å². The van der Waals surface area contributed by atoms with Crippen LogP contribution in [0.15, 0.2) is 24.3 Å². The van der Waals surface area contributed by atoms with E-state index in [0.717, 1.165) is 44.0 Å². The Hall–Kier alpha value is -2.12. The van der Waals surface area contributed by atoms with E-state index in [1.807, 2.05) is 36.1 Å². The van der Waals surface area contributed by atoms with Gasteiger partial charge in [-0.15, -0.1) is 0 Å². The number of carbonyl (C=O) groups excluding carboxylic acids is 2. The summed E-state index contributed by atoms with van der Waals surface area (Å²) in [6.07, 6.45) is 0.229. The van der Waals surface area contributed by atoms with Gasteiger partial charge in [0.15, 0.2) is 0 Å². The predicted octanol–water partition coefficient (Wildman–Crippen LogP) is 0.550. The summed E-state index contributed by atoms with van der Waals surface area (Å²) in [5.41, 5.74) is 1.05. The van der Waals surface area contributed by atoms with Crippen molar-refractivity contribution in [1.82, 2.24) is 20.0 Å². The van der Waals surface area contributed by atoms with Gasteiger partial charge >= 0.3 is 0 Å². The summed E-state index contributed by atoms with van der Waals surface area (Å²) in [4.78, 5) is 31.5. The minimum absolute atomic E-state index is 0.0578. The van der Waals surface area contributed by atoms with Gasteiger partial charge in [0.05, 0.1) is 19.1 Å². The Kier molecular flexibility index (Phi) is 6.68. The third-order valence-electron chi connectivity index (χ3n) is 5.31. The number of nitrogens with one attached hydrogen (secondary N) is 1. The van der Waals surface area contributed by atoms with Gasteiger partial charge in [-0.1, -0.05) is 18.2 Å². The fraction of sp³-hybridized carbons (Fsp3) is 0.600. The van der Waals surface area contributed by atoms with Gasteiger partial charge in [-0.3, -0.25) is 14.5 Å². The topological polar surface area (TPSA) is 65.1 Å². The van der Waals surface area contributed by atoms with E-state index in [2.05, 4.69) is 22.2 Å². The zero-order valence-corrected chi connectivity index (χ0v) is 16.3. The Morgan fingerprint density at radius 2 is 1.93 bits per heavy atom. The van der Waals surface area contributed by atoms with Gasteiger partial charge in [0.25, 0.3) is 0 Å². The van der Waals surface area contributed by atoms with Crippen LogP contribution in [-0.2, 0) is 16.1 Å². The molecule has 2 aliphatic heterocycles. The first-order valence-electron chi connectivity index (χ1n) is 9.77. The Morgan fingerprint density at radius 1 is 1.19 bits per heavy atom. The number of amides is 2. The molecule has 2 heterocycles. The highest BCUT2D eigenvalue weighted by Crippen LogP contribution is 2.22.